The molecular formula is C11H22N2S. The topological polar surface area (TPSA) is 15.3 Å². The van der Waals surface area contributed by atoms with Crippen molar-refractivity contribution in [3.05, 3.63) is 0 Å². The van der Waals surface area contributed by atoms with Crippen LogP contribution in [0.1, 0.15) is 26.2 Å². The van der Waals surface area contributed by atoms with Crippen LogP contribution in [-0.4, -0.2) is 48.1 Å². The molecule has 0 aliphatic carbocycles. The molecular weight excluding hydrogens is 192 g/mol. The Morgan fingerprint density at radius 2 is 2.21 bits per heavy atom. The molecule has 0 aromatic heterocycles. The van der Waals surface area contributed by atoms with Crippen LogP contribution in [0, 0.1) is 0 Å². The van der Waals surface area contributed by atoms with Gasteiger partial charge in [0, 0.05) is 30.1 Å². The summed E-state index contributed by atoms with van der Waals surface area (Å²) in [5.41, 5.74) is 0. The number of hydrogen-bond donors (Lipinski definition) is 1. The third-order valence-corrected chi connectivity index (χ3v) is 4.62. The minimum Gasteiger partial charge on any atom is -0.317 e. The summed E-state index contributed by atoms with van der Waals surface area (Å²) in [5.74, 6) is 2.68. The van der Waals surface area contributed by atoms with Gasteiger partial charge in [-0.05, 0) is 39.3 Å². The van der Waals surface area contributed by atoms with Crippen LogP contribution in [0.2, 0.25) is 0 Å². The number of hydrogen-bond acceptors (Lipinski definition) is 3. The van der Waals surface area contributed by atoms with Crippen molar-refractivity contribution in [1.29, 1.82) is 0 Å². The van der Waals surface area contributed by atoms with E-state index in [1.807, 2.05) is 0 Å². The fraction of sp³-hybridized carbons (Fsp3) is 1.00. The van der Waals surface area contributed by atoms with Crippen LogP contribution in [0.15, 0.2) is 0 Å². The number of nitrogens with zero attached hydrogens (tertiary/aromatic N) is 1. The van der Waals surface area contributed by atoms with Gasteiger partial charge in [0.05, 0.1) is 0 Å². The molecule has 0 radical (unpaired) electrons. The van der Waals surface area contributed by atoms with Gasteiger partial charge in [-0.2, -0.15) is 11.8 Å². The molecule has 0 amide bonds. The maximum Gasteiger partial charge on any atom is 0.0161 e. The number of nitrogens with one attached hydrogen (secondary N) is 1. The Balaban J connectivity index is 1.90. The molecule has 2 saturated heterocycles. The maximum absolute atomic E-state index is 3.50. The molecule has 2 heterocycles. The number of rotatable bonds is 1. The predicted octanol–water partition coefficient (Wildman–Crippen LogP) is 1.57. The molecule has 3 heteroatoms. The van der Waals surface area contributed by atoms with Crippen LogP contribution in [0.4, 0.5) is 0 Å². The van der Waals surface area contributed by atoms with Crippen molar-refractivity contribution in [2.24, 2.45) is 0 Å². The van der Waals surface area contributed by atoms with Crippen molar-refractivity contribution in [2.45, 2.75) is 38.3 Å². The van der Waals surface area contributed by atoms with E-state index in [0.29, 0.717) is 0 Å². The molecule has 2 rings (SSSR count). The van der Waals surface area contributed by atoms with Gasteiger partial charge in [-0.15, -0.1) is 0 Å². The summed E-state index contributed by atoms with van der Waals surface area (Å²) in [5, 5.41) is 3.50. The van der Waals surface area contributed by atoms with Crippen molar-refractivity contribution in [3.63, 3.8) is 0 Å². The van der Waals surface area contributed by atoms with E-state index in [4.69, 9.17) is 0 Å². The van der Waals surface area contributed by atoms with Crippen LogP contribution in [0.3, 0.4) is 0 Å². The molecule has 82 valence electrons. The summed E-state index contributed by atoms with van der Waals surface area (Å²) < 4.78 is 0. The Hall–Kier alpha value is 0.270. The first-order chi connectivity index (χ1) is 6.88. The van der Waals surface area contributed by atoms with Crippen molar-refractivity contribution in [3.8, 4) is 0 Å². The van der Waals surface area contributed by atoms with Gasteiger partial charge in [0.1, 0.15) is 0 Å². The molecule has 2 aliphatic heterocycles. The molecule has 14 heavy (non-hydrogen) atoms. The molecule has 2 unspecified atom stereocenters. The Morgan fingerprint density at radius 3 is 3.07 bits per heavy atom. The van der Waals surface area contributed by atoms with Gasteiger partial charge in [0.2, 0.25) is 0 Å². The minimum absolute atomic E-state index is 0.803. The molecule has 2 fully saturated rings. The highest BCUT2D eigenvalue weighted by Gasteiger charge is 2.26. The quantitative estimate of drug-likeness (QED) is 0.713. The molecule has 2 aliphatic rings. The summed E-state index contributed by atoms with van der Waals surface area (Å²) >= 11 is 2.12. The van der Waals surface area contributed by atoms with Gasteiger partial charge >= 0.3 is 0 Å². The summed E-state index contributed by atoms with van der Waals surface area (Å²) in [6, 6.07) is 1.66. The molecule has 0 saturated carbocycles. The van der Waals surface area contributed by atoms with Gasteiger partial charge < -0.3 is 5.32 Å². The van der Waals surface area contributed by atoms with Gasteiger partial charge in [-0.3, -0.25) is 4.90 Å². The second kappa shape index (κ2) is 5.38. The highest BCUT2D eigenvalue weighted by atomic mass is 32.2. The first-order valence-corrected chi connectivity index (χ1v) is 7.07. The summed E-state index contributed by atoms with van der Waals surface area (Å²) in [6.45, 7) is 6.16. The van der Waals surface area contributed by atoms with Crippen molar-refractivity contribution in [2.75, 3.05) is 31.1 Å². The van der Waals surface area contributed by atoms with Gasteiger partial charge in [-0.25, -0.2) is 0 Å². The van der Waals surface area contributed by atoms with E-state index in [-0.39, 0.29) is 0 Å². The van der Waals surface area contributed by atoms with Crippen LogP contribution < -0.4 is 5.32 Å². The van der Waals surface area contributed by atoms with Gasteiger partial charge in [-0.1, -0.05) is 0 Å². The van der Waals surface area contributed by atoms with E-state index in [9.17, 15) is 0 Å². The Labute approximate surface area is 91.8 Å². The molecule has 2 atom stereocenters. The smallest absolute Gasteiger partial charge is 0.0161 e. The monoisotopic (exact) mass is 214 g/mol. The van der Waals surface area contributed by atoms with Crippen LogP contribution >= 0.6 is 11.8 Å². The fourth-order valence-corrected chi connectivity index (χ4v) is 3.65. The Morgan fingerprint density at radius 1 is 1.29 bits per heavy atom. The average molecular weight is 214 g/mol. The van der Waals surface area contributed by atoms with Gasteiger partial charge in [0.15, 0.2) is 0 Å². The van der Waals surface area contributed by atoms with Crippen molar-refractivity contribution in [1.82, 2.24) is 10.2 Å². The van der Waals surface area contributed by atoms with Gasteiger partial charge in [0.25, 0.3) is 0 Å². The second-order valence-corrected chi connectivity index (χ2v) is 5.65. The van der Waals surface area contributed by atoms with Crippen molar-refractivity contribution < 1.29 is 0 Å². The highest BCUT2D eigenvalue weighted by molar-refractivity contribution is 7.99. The van der Waals surface area contributed by atoms with E-state index in [0.717, 1.165) is 12.1 Å². The zero-order valence-electron chi connectivity index (χ0n) is 9.17. The number of thioether (sulfide) groups is 1. The molecule has 0 aromatic rings. The molecule has 0 spiro atoms. The van der Waals surface area contributed by atoms with Crippen LogP contribution in [0.5, 0.6) is 0 Å². The first kappa shape index (κ1) is 10.8. The third kappa shape index (κ3) is 2.65. The Kier molecular flexibility index (Phi) is 4.14. The highest BCUT2D eigenvalue weighted by Crippen LogP contribution is 2.22. The van der Waals surface area contributed by atoms with E-state index in [1.165, 1.54) is 50.4 Å². The first-order valence-electron chi connectivity index (χ1n) is 5.92. The van der Waals surface area contributed by atoms with Crippen LogP contribution in [-0.2, 0) is 0 Å². The minimum atomic E-state index is 0.803. The fourth-order valence-electron chi connectivity index (χ4n) is 2.61. The average Bonchev–Trinajstić information content (AvgIpc) is 2.47. The van der Waals surface area contributed by atoms with Crippen molar-refractivity contribution >= 4 is 11.8 Å². The lowest BCUT2D eigenvalue weighted by molar-refractivity contribution is 0.149. The SMILES string of the molecule is CC1CSCCN1C1CCCNCC1. The Bertz CT molecular complexity index is 167. The van der Waals surface area contributed by atoms with E-state index in [1.54, 1.807) is 0 Å². The molecule has 0 bridgehead atoms. The van der Waals surface area contributed by atoms with Crippen LogP contribution in [0.25, 0.3) is 0 Å². The lowest BCUT2D eigenvalue weighted by atomic mass is 10.1. The molecule has 0 aromatic carbocycles. The zero-order chi connectivity index (χ0) is 9.80. The summed E-state index contributed by atoms with van der Waals surface area (Å²) in [6.07, 6.45) is 4.12. The van der Waals surface area contributed by atoms with E-state index >= 15 is 0 Å². The summed E-state index contributed by atoms with van der Waals surface area (Å²) in [7, 11) is 0. The lowest BCUT2D eigenvalue weighted by Gasteiger charge is -2.39. The predicted molar refractivity (Wildman–Crippen MR) is 64.0 cm³/mol. The molecule has 2 nitrogen and oxygen atoms in total. The normalized spacial score (nSPS) is 36.6. The third-order valence-electron chi connectivity index (χ3n) is 3.43. The standard InChI is InChI=1S/C11H22N2S/c1-10-9-14-8-7-13(10)11-3-2-5-12-6-4-11/h10-12H,2-9H2,1H3. The lowest BCUT2D eigenvalue weighted by Crippen LogP contribution is -2.47. The summed E-state index contributed by atoms with van der Waals surface area (Å²) in [4.78, 5) is 2.75. The second-order valence-electron chi connectivity index (χ2n) is 4.50. The van der Waals surface area contributed by atoms with E-state index < -0.39 is 0 Å². The zero-order valence-corrected chi connectivity index (χ0v) is 9.98. The largest absolute Gasteiger partial charge is 0.317 e. The van der Waals surface area contributed by atoms with E-state index in [2.05, 4.69) is 28.9 Å². The molecule has 1 N–H and O–H groups in total. The maximum atomic E-state index is 3.50.